The number of benzene rings is 2. The first-order valence-corrected chi connectivity index (χ1v) is 8.71. The molecule has 0 atom stereocenters. The molecule has 2 aromatic carbocycles. The van der Waals surface area contributed by atoms with Crippen LogP contribution in [0.4, 0.5) is 23.1 Å². The van der Waals surface area contributed by atoms with Gasteiger partial charge in [0.2, 0.25) is 5.95 Å². The average molecular weight is 390 g/mol. The van der Waals surface area contributed by atoms with Crippen molar-refractivity contribution in [1.29, 1.82) is 0 Å². The van der Waals surface area contributed by atoms with Crippen molar-refractivity contribution in [2.45, 2.75) is 20.0 Å². The van der Waals surface area contributed by atoms with Gasteiger partial charge >= 0.3 is 0 Å². The third kappa shape index (κ3) is 4.97. The number of para-hydroxylation sites is 2. The Hall–Kier alpha value is -2.57. The summed E-state index contributed by atoms with van der Waals surface area (Å²) in [6.45, 7) is 3.95. The molecule has 2 N–H and O–H groups in total. The van der Waals surface area contributed by atoms with Gasteiger partial charge in [-0.25, -0.2) is 0 Å². The lowest BCUT2D eigenvalue weighted by Gasteiger charge is -2.15. The van der Waals surface area contributed by atoms with Crippen LogP contribution in [0.2, 0.25) is 10.0 Å². The number of halogens is 2. The molecule has 0 aliphatic carbocycles. The number of ether oxygens (including phenoxy) is 1. The van der Waals surface area contributed by atoms with E-state index in [-0.39, 0.29) is 6.10 Å². The monoisotopic (exact) mass is 389 g/mol. The van der Waals surface area contributed by atoms with Crippen molar-refractivity contribution in [2.24, 2.45) is 0 Å². The van der Waals surface area contributed by atoms with E-state index in [2.05, 4.69) is 25.8 Å². The van der Waals surface area contributed by atoms with Gasteiger partial charge in [0, 0.05) is 15.7 Å². The summed E-state index contributed by atoms with van der Waals surface area (Å²) in [5, 5.41) is 15.2. The molecule has 0 saturated carbocycles. The highest BCUT2D eigenvalue weighted by Crippen LogP contribution is 2.28. The zero-order valence-corrected chi connectivity index (χ0v) is 15.7. The fraction of sp³-hybridized carbons (Fsp3) is 0.167. The Labute approximate surface area is 161 Å². The van der Waals surface area contributed by atoms with Crippen molar-refractivity contribution in [2.75, 3.05) is 10.6 Å². The molecule has 0 bridgehead atoms. The molecule has 0 unspecified atom stereocenters. The van der Waals surface area contributed by atoms with Crippen molar-refractivity contribution < 1.29 is 4.74 Å². The molecule has 0 amide bonds. The van der Waals surface area contributed by atoms with Crippen LogP contribution in [0, 0.1) is 0 Å². The van der Waals surface area contributed by atoms with E-state index in [1.807, 2.05) is 38.1 Å². The highest BCUT2D eigenvalue weighted by atomic mass is 35.5. The Morgan fingerprint density at radius 1 is 1.00 bits per heavy atom. The smallest absolute Gasteiger partial charge is 0.249 e. The van der Waals surface area contributed by atoms with Crippen LogP contribution in [-0.2, 0) is 0 Å². The molecule has 0 radical (unpaired) electrons. The molecule has 0 spiro atoms. The van der Waals surface area contributed by atoms with Crippen LogP contribution in [0.15, 0.2) is 48.7 Å². The lowest BCUT2D eigenvalue weighted by molar-refractivity contribution is 0.244. The lowest BCUT2D eigenvalue weighted by Crippen LogP contribution is -2.08. The van der Waals surface area contributed by atoms with Crippen LogP contribution in [0.1, 0.15) is 13.8 Å². The van der Waals surface area contributed by atoms with Crippen LogP contribution in [0.5, 0.6) is 5.75 Å². The molecule has 6 nitrogen and oxygen atoms in total. The lowest BCUT2D eigenvalue weighted by atomic mass is 10.3. The Bertz CT molecular complexity index is 884. The van der Waals surface area contributed by atoms with Crippen LogP contribution >= 0.6 is 23.2 Å². The number of nitrogens with zero attached hydrogens (tertiary/aromatic N) is 3. The molecular formula is C18H17Cl2N5O. The van der Waals surface area contributed by atoms with E-state index < -0.39 is 0 Å². The highest BCUT2D eigenvalue weighted by molar-refractivity contribution is 6.35. The molecule has 0 aliphatic rings. The number of nitrogens with one attached hydrogen (secondary N) is 2. The minimum absolute atomic E-state index is 0.0614. The van der Waals surface area contributed by atoms with Gasteiger partial charge in [0.15, 0.2) is 5.82 Å². The summed E-state index contributed by atoms with van der Waals surface area (Å²) in [6.07, 6.45) is 1.59. The number of rotatable bonds is 6. The maximum atomic E-state index is 6.01. The van der Waals surface area contributed by atoms with Gasteiger partial charge < -0.3 is 15.4 Å². The minimum atomic E-state index is 0.0614. The molecule has 8 heteroatoms. The van der Waals surface area contributed by atoms with Gasteiger partial charge in [0.1, 0.15) is 5.75 Å². The zero-order chi connectivity index (χ0) is 18.5. The van der Waals surface area contributed by atoms with Crippen LogP contribution in [0.3, 0.4) is 0 Å². The Kier molecular flexibility index (Phi) is 5.75. The Morgan fingerprint density at radius 2 is 1.73 bits per heavy atom. The first-order valence-electron chi connectivity index (χ1n) is 7.95. The maximum Gasteiger partial charge on any atom is 0.249 e. The second-order valence-corrected chi connectivity index (χ2v) is 6.61. The minimum Gasteiger partial charge on any atom is -0.489 e. The topological polar surface area (TPSA) is 72.0 Å². The molecular weight excluding hydrogens is 373 g/mol. The third-order valence-electron chi connectivity index (χ3n) is 3.19. The van der Waals surface area contributed by atoms with Crippen LogP contribution < -0.4 is 15.4 Å². The number of hydrogen-bond acceptors (Lipinski definition) is 6. The fourth-order valence-electron chi connectivity index (χ4n) is 2.24. The van der Waals surface area contributed by atoms with E-state index in [9.17, 15) is 0 Å². The van der Waals surface area contributed by atoms with Gasteiger partial charge in [-0.1, -0.05) is 35.3 Å². The Morgan fingerprint density at radius 3 is 2.46 bits per heavy atom. The molecule has 3 rings (SSSR count). The summed E-state index contributed by atoms with van der Waals surface area (Å²) in [5.41, 5.74) is 1.46. The first-order chi connectivity index (χ1) is 12.5. The molecule has 0 aliphatic heterocycles. The quantitative estimate of drug-likeness (QED) is 0.583. The van der Waals surface area contributed by atoms with Crippen LogP contribution in [0.25, 0.3) is 0 Å². The van der Waals surface area contributed by atoms with E-state index in [0.717, 1.165) is 11.4 Å². The largest absolute Gasteiger partial charge is 0.489 e. The predicted octanol–water partition coefficient (Wildman–Crippen LogP) is 5.45. The van der Waals surface area contributed by atoms with Crippen molar-refractivity contribution in [3.63, 3.8) is 0 Å². The molecule has 0 fully saturated rings. The third-order valence-corrected chi connectivity index (χ3v) is 3.63. The van der Waals surface area contributed by atoms with Crippen molar-refractivity contribution in [1.82, 2.24) is 15.2 Å². The molecule has 0 saturated heterocycles. The van der Waals surface area contributed by atoms with Gasteiger partial charge in [-0.05, 0) is 44.2 Å². The molecule has 3 aromatic rings. The van der Waals surface area contributed by atoms with E-state index in [4.69, 9.17) is 27.9 Å². The Balaban J connectivity index is 1.80. The van der Waals surface area contributed by atoms with Gasteiger partial charge in [0.25, 0.3) is 0 Å². The zero-order valence-electron chi connectivity index (χ0n) is 14.2. The van der Waals surface area contributed by atoms with Crippen molar-refractivity contribution in [3.05, 3.63) is 58.7 Å². The van der Waals surface area contributed by atoms with Gasteiger partial charge in [0.05, 0.1) is 18.0 Å². The summed E-state index contributed by atoms with van der Waals surface area (Å²) in [7, 11) is 0. The maximum absolute atomic E-state index is 6.01. The second-order valence-electron chi connectivity index (χ2n) is 5.74. The number of aromatic nitrogens is 3. The van der Waals surface area contributed by atoms with Crippen molar-refractivity contribution in [3.8, 4) is 5.75 Å². The van der Waals surface area contributed by atoms with E-state index in [1.165, 1.54) is 6.20 Å². The summed E-state index contributed by atoms with van der Waals surface area (Å²) in [5.74, 6) is 1.57. The number of anilines is 4. The summed E-state index contributed by atoms with van der Waals surface area (Å²) < 4.78 is 5.80. The normalized spacial score (nSPS) is 10.7. The van der Waals surface area contributed by atoms with E-state index in [0.29, 0.717) is 27.5 Å². The second kappa shape index (κ2) is 8.21. The molecule has 26 heavy (non-hydrogen) atoms. The predicted molar refractivity (Wildman–Crippen MR) is 105 cm³/mol. The van der Waals surface area contributed by atoms with Gasteiger partial charge in [-0.15, -0.1) is 5.10 Å². The van der Waals surface area contributed by atoms with Crippen LogP contribution in [-0.4, -0.2) is 21.3 Å². The summed E-state index contributed by atoms with van der Waals surface area (Å²) in [6, 6.07) is 12.7. The van der Waals surface area contributed by atoms with Gasteiger partial charge in [-0.2, -0.15) is 10.1 Å². The number of hydrogen-bond donors (Lipinski definition) is 2. The SMILES string of the molecule is CC(C)Oc1ccccc1Nc1cnnc(Nc2cc(Cl)cc(Cl)c2)n1. The summed E-state index contributed by atoms with van der Waals surface area (Å²) in [4.78, 5) is 4.41. The highest BCUT2D eigenvalue weighted by Gasteiger charge is 2.08. The standard InChI is InChI=1S/C18H17Cl2N5O/c1-11(2)26-16-6-4-3-5-15(16)23-17-10-21-25-18(24-17)22-14-8-12(19)7-13(20)9-14/h3-11H,1-2H3,(H2,22,23,24,25). The van der Waals surface area contributed by atoms with E-state index >= 15 is 0 Å². The molecule has 1 aromatic heterocycles. The average Bonchev–Trinajstić information content (AvgIpc) is 2.55. The molecule has 1 heterocycles. The summed E-state index contributed by atoms with van der Waals surface area (Å²) >= 11 is 12.0. The first kappa shape index (κ1) is 18.2. The van der Waals surface area contributed by atoms with Gasteiger partial charge in [-0.3, -0.25) is 0 Å². The van der Waals surface area contributed by atoms with Crippen molar-refractivity contribution >= 4 is 46.3 Å². The molecule has 134 valence electrons. The van der Waals surface area contributed by atoms with E-state index in [1.54, 1.807) is 18.2 Å². The fourth-order valence-corrected chi connectivity index (χ4v) is 2.76.